The van der Waals surface area contributed by atoms with Gasteiger partial charge >= 0.3 is 0 Å². The summed E-state index contributed by atoms with van der Waals surface area (Å²) in [5.74, 6) is 1.06. The summed E-state index contributed by atoms with van der Waals surface area (Å²) in [4.78, 5) is 33.6. The first-order chi connectivity index (χ1) is 18.8. The summed E-state index contributed by atoms with van der Waals surface area (Å²) in [7, 11) is 5.02. The number of likely N-dealkylation sites (N-methyl/N-ethyl adjacent to an activating group) is 1. The number of benzene rings is 3. The molecule has 39 heavy (non-hydrogen) atoms. The Morgan fingerprint density at radius 2 is 1.62 bits per heavy atom. The molecule has 0 unspecified atom stereocenters. The number of rotatable bonds is 9. The Bertz CT molecular complexity index is 1540. The Kier molecular flexibility index (Phi) is 8.99. The van der Waals surface area contributed by atoms with Gasteiger partial charge in [-0.15, -0.1) is 11.3 Å². The fourth-order valence-corrected chi connectivity index (χ4v) is 5.07. The fourth-order valence-electron chi connectivity index (χ4n) is 4.24. The second-order valence-electron chi connectivity index (χ2n) is 9.40. The number of methoxy groups -OCH3 is 2. The predicted octanol–water partition coefficient (Wildman–Crippen LogP) is 5.29. The summed E-state index contributed by atoms with van der Waals surface area (Å²) in [6.07, 6.45) is 2.69. The van der Waals surface area contributed by atoms with Gasteiger partial charge in [0.1, 0.15) is 0 Å². The number of hydrogen-bond donors (Lipinski definition) is 0. The maximum absolute atomic E-state index is 13.0. The van der Waals surface area contributed by atoms with Gasteiger partial charge in [-0.2, -0.15) is 4.99 Å². The van der Waals surface area contributed by atoms with Crippen molar-refractivity contribution >= 4 is 23.2 Å². The van der Waals surface area contributed by atoms with Crippen LogP contribution in [0.5, 0.6) is 11.5 Å². The fraction of sp³-hybridized carbons (Fsp3) is 0.258. The van der Waals surface area contributed by atoms with E-state index in [9.17, 15) is 9.59 Å². The number of thiazole rings is 1. The molecule has 4 aromatic rings. The number of carbonyl (C=O) groups excluding carboxylic acids is 2. The van der Waals surface area contributed by atoms with E-state index in [4.69, 9.17) is 9.47 Å². The van der Waals surface area contributed by atoms with Crippen molar-refractivity contribution in [3.63, 3.8) is 0 Å². The van der Waals surface area contributed by atoms with Crippen LogP contribution in [0, 0.1) is 13.8 Å². The minimum Gasteiger partial charge on any atom is -0.493 e. The van der Waals surface area contributed by atoms with Crippen LogP contribution in [-0.2, 0) is 13.0 Å². The van der Waals surface area contributed by atoms with Gasteiger partial charge in [0, 0.05) is 42.3 Å². The molecule has 0 spiro atoms. The third-order valence-electron chi connectivity index (χ3n) is 6.38. The normalized spacial score (nSPS) is 11.4. The molecule has 0 aliphatic carbocycles. The molecule has 8 heteroatoms. The van der Waals surface area contributed by atoms with E-state index >= 15 is 0 Å². The molecule has 0 fully saturated rings. The van der Waals surface area contributed by atoms with Crippen LogP contribution in [0.1, 0.15) is 42.3 Å². The summed E-state index contributed by atoms with van der Waals surface area (Å²) in [6.45, 7) is 5.07. The monoisotopic (exact) mass is 543 g/mol. The Labute approximate surface area is 233 Å². The van der Waals surface area contributed by atoms with Crippen molar-refractivity contribution < 1.29 is 19.1 Å². The van der Waals surface area contributed by atoms with E-state index in [0.29, 0.717) is 46.9 Å². The number of hydrogen-bond acceptors (Lipinski definition) is 5. The van der Waals surface area contributed by atoms with Crippen molar-refractivity contribution in [3.8, 4) is 11.5 Å². The summed E-state index contributed by atoms with van der Waals surface area (Å²) in [5, 5.41) is 0. The van der Waals surface area contributed by atoms with Crippen LogP contribution in [0.25, 0.3) is 0 Å². The molecule has 1 heterocycles. The zero-order valence-corrected chi connectivity index (χ0v) is 23.7. The quantitative estimate of drug-likeness (QED) is 0.288. The van der Waals surface area contributed by atoms with E-state index in [-0.39, 0.29) is 11.8 Å². The molecule has 202 valence electrons. The van der Waals surface area contributed by atoms with Crippen LogP contribution >= 0.6 is 11.3 Å². The van der Waals surface area contributed by atoms with Crippen molar-refractivity contribution in [3.05, 3.63) is 110 Å². The molecule has 0 N–H and O–H groups in total. The maximum Gasteiger partial charge on any atom is 0.279 e. The molecule has 1 aromatic heterocycles. The van der Waals surface area contributed by atoms with E-state index < -0.39 is 0 Å². The molecular formula is C31H33N3O4S. The smallest absolute Gasteiger partial charge is 0.279 e. The molecule has 0 aliphatic heterocycles. The third-order valence-corrected chi connectivity index (χ3v) is 7.32. The highest BCUT2D eigenvalue weighted by atomic mass is 32.1. The average Bonchev–Trinajstić information content (AvgIpc) is 3.29. The molecular weight excluding hydrogens is 510 g/mol. The largest absolute Gasteiger partial charge is 0.493 e. The molecule has 0 atom stereocenters. The van der Waals surface area contributed by atoms with Crippen LogP contribution in [0.15, 0.2) is 77.9 Å². The van der Waals surface area contributed by atoms with Crippen molar-refractivity contribution in [2.24, 2.45) is 4.99 Å². The number of aryl methyl sites for hydroxylation is 2. The van der Waals surface area contributed by atoms with Crippen LogP contribution in [0.4, 0.5) is 0 Å². The minimum absolute atomic E-state index is 0.0412. The highest BCUT2D eigenvalue weighted by Gasteiger charge is 2.13. The van der Waals surface area contributed by atoms with Crippen LogP contribution < -0.4 is 14.3 Å². The average molecular weight is 544 g/mol. The highest BCUT2D eigenvalue weighted by molar-refractivity contribution is 7.09. The first-order valence-electron chi connectivity index (χ1n) is 12.7. The molecule has 0 radical (unpaired) electrons. The van der Waals surface area contributed by atoms with Gasteiger partial charge in [0.15, 0.2) is 16.3 Å². The first-order valence-corrected chi connectivity index (χ1v) is 13.5. The van der Waals surface area contributed by atoms with Gasteiger partial charge in [0.2, 0.25) is 0 Å². The molecule has 3 aromatic carbocycles. The second-order valence-corrected chi connectivity index (χ2v) is 10.6. The van der Waals surface area contributed by atoms with Gasteiger partial charge < -0.3 is 18.9 Å². The lowest BCUT2D eigenvalue weighted by Gasteiger charge is -2.18. The standard InChI is InChI=1S/C31H33N3O4S/c1-21-7-6-8-26(17-21)29(35)32-31-34(19-22(2)39-31)20-24-9-12-25(13-10-24)30(36)33(3)16-15-23-11-14-27(37-4)28(18-23)38-5/h6-14,17-19H,15-16,20H2,1-5H3. The van der Waals surface area contributed by atoms with Crippen LogP contribution in [0.2, 0.25) is 0 Å². The van der Waals surface area contributed by atoms with Crippen LogP contribution in [-0.4, -0.2) is 49.1 Å². The lowest BCUT2D eigenvalue weighted by atomic mass is 10.1. The lowest BCUT2D eigenvalue weighted by Crippen LogP contribution is -2.28. The molecule has 0 saturated carbocycles. The van der Waals surface area contributed by atoms with Gasteiger partial charge in [-0.05, 0) is 67.8 Å². The van der Waals surface area contributed by atoms with Gasteiger partial charge in [0.05, 0.1) is 14.2 Å². The summed E-state index contributed by atoms with van der Waals surface area (Å²) >= 11 is 1.48. The summed E-state index contributed by atoms with van der Waals surface area (Å²) in [6, 6.07) is 20.8. The Hall–Kier alpha value is -4.17. The molecule has 7 nitrogen and oxygen atoms in total. The van der Waals surface area contributed by atoms with E-state index in [1.807, 2.05) is 85.3 Å². The topological polar surface area (TPSA) is 73.1 Å². The molecule has 0 aliphatic rings. The highest BCUT2D eigenvalue weighted by Crippen LogP contribution is 2.27. The predicted molar refractivity (Wildman–Crippen MR) is 154 cm³/mol. The Morgan fingerprint density at radius 3 is 2.31 bits per heavy atom. The number of nitrogens with zero attached hydrogens (tertiary/aromatic N) is 3. The lowest BCUT2D eigenvalue weighted by molar-refractivity contribution is 0.0796. The number of ether oxygens (including phenoxy) is 2. The zero-order valence-electron chi connectivity index (χ0n) is 22.9. The molecule has 2 amide bonds. The maximum atomic E-state index is 13.0. The van der Waals surface area contributed by atoms with Crippen LogP contribution in [0.3, 0.4) is 0 Å². The number of carbonyl (C=O) groups is 2. The van der Waals surface area contributed by atoms with Crippen molar-refractivity contribution in [2.45, 2.75) is 26.8 Å². The van der Waals surface area contributed by atoms with E-state index in [1.165, 1.54) is 11.3 Å². The summed E-state index contributed by atoms with van der Waals surface area (Å²) in [5.41, 5.74) is 4.30. The third kappa shape index (κ3) is 7.03. The van der Waals surface area contributed by atoms with Crippen molar-refractivity contribution in [2.75, 3.05) is 27.8 Å². The van der Waals surface area contributed by atoms with Gasteiger partial charge in [-0.3, -0.25) is 9.59 Å². The van der Waals surface area contributed by atoms with E-state index in [0.717, 1.165) is 21.6 Å². The number of aromatic nitrogens is 1. The van der Waals surface area contributed by atoms with Crippen molar-refractivity contribution in [1.82, 2.24) is 9.47 Å². The van der Waals surface area contributed by atoms with Gasteiger partial charge in [-0.1, -0.05) is 35.9 Å². The Morgan fingerprint density at radius 1 is 0.897 bits per heavy atom. The first kappa shape index (κ1) is 27.9. The molecule has 0 bridgehead atoms. The summed E-state index contributed by atoms with van der Waals surface area (Å²) < 4.78 is 12.6. The number of amides is 2. The van der Waals surface area contributed by atoms with E-state index in [2.05, 4.69) is 4.99 Å². The SMILES string of the molecule is COc1ccc(CCN(C)C(=O)c2ccc(Cn3cc(C)sc3=NC(=O)c3cccc(C)c3)cc2)cc1OC. The minimum atomic E-state index is -0.258. The van der Waals surface area contributed by atoms with Crippen molar-refractivity contribution in [1.29, 1.82) is 0 Å². The van der Waals surface area contributed by atoms with E-state index in [1.54, 1.807) is 32.2 Å². The molecule has 0 saturated heterocycles. The van der Waals surface area contributed by atoms with Gasteiger partial charge in [-0.25, -0.2) is 0 Å². The molecule has 4 rings (SSSR count). The second kappa shape index (κ2) is 12.6. The van der Waals surface area contributed by atoms with Gasteiger partial charge in [0.25, 0.3) is 11.8 Å². The zero-order chi connectivity index (χ0) is 27.9. The Balaban J connectivity index is 1.41.